The van der Waals surface area contributed by atoms with Gasteiger partial charge in [0.15, 0.2) is 6.29 Å². The van der Waals surface area contributed by atoms with Crippen LogP contribution in [-0.4, -0.2) is 69.2 Å². The van der Waals surface area contributed by atoms with E-state index in [1.807, 2.05) is 0 Å². The number of halogens is 1. The molecular formula is C21H29ClN2O5S. The Labute approximate surface area is 183 Å². The van der Waals surface area contributed by atoms with Crippen LogP contribution in [0.15, 0.2) is 23.1 Å². The van der Waals surface area contributed by atoms with Crippen molar-refractivity contribution < 1.29 is 22.7 Å². The number of piperidine rings is 2. The monoisotopic (exact) mass is 456 g/mol. The van der Waals surface area contributed by atoms with Crippen molar-refractivity contribution in [3.05, 3.63) is 28.8 Å². The summed E-state index contributed by atoms with van der Waals surface area (Å²) in [5.74, 6) is 0.437. The van der Waals surface area contributed by atoms with Crippen LogP contribution < -0.4 is 0 Å². The Bertz CT molecular complexity index is 879. The molecule has 0 spiro atoms. The summed E-state index contributed by atoms with van der Waals surface area (Å²) >= 11 is 6.26. The van der Waals surface area contributed by atoms with Gasteiger partial charge >= 0.3 is 0 Å². The summed E-state index contributed by atoms with van der Waals surface area (Å²) in [6.45, 7) is 5.47. The molecule has 1 amide bonds. The third-order valence-corrected chi connectivity index (χ3v) is 8.62. The van der Waals surface area contributed by atoms with Crippen LogP contribution in [0.5, 0.6) is 0 Å². The van der Waals surface area contributed by atoms with Gasteiger partial charge in [-0.25, -0.2) is 8.42 Å². The van der Waals surface area contributed by atoms with Gasteiger partial charge in [-0.3, -0.25) is 4.79 Å². The van der Waals surface area contributed by atoms with Gasteiger partial charge in [0.05, 0.1) is 18.2 Å². The molecule has 166 valence electrons. The van der Waals surface area contributed by atoms with Crippen molar-refractivity contribution in [1.82, 2.24) is 9.21 Å². The summed E-state index contributed by atoms with van der Waals surface area (Å²) in [5, 5.41) is 0.152. The van der Waals surface area contributed by atoms with Gasteiger partial charge in [0.25, 0.3) is 5.91 Å². The zero-order valence-corrected chi connectivity index (χ0v) is 18.8. The van der Waals surface area contributed by atoms with Gasteiger partial charge in [-0.1, -0.05) is 18.5 Å². The first kappa shape index (κ1) is 22.0. The standard InChI is InChI=1S/C21H29ClN2O5S/c1-15-3-2-8-24(14-15)30(26,27)19-13-17(4-5-18(19)22)20(25)23-9-6-16(7-10-23)21-28-11-12-29-21/h4-5,13,15-16,21H,2-3,6-12,14H2,1H3. The number of carbonyl (C=O) groups is 1. The highest BCUT2D eigenvalue weighted by molar-refractivity contribution is 7.89. The van der Waals surface area contributed by atoms with E-state index in [2.05, 4.69) is 6.92 Å². The molecule has 0 bridgehead atoms. The fourth-order valence-corrected chi connectivity index (χ4v) is 6.64. The number of hydrogen-bond donors (Lipinski definition) is 0. The smallest absolute Gasteiger partial charge is 0.253 e. The van der Waals surface area contributed by atoms with Crippen molar-refractivity contribution in [3.8, 4) is 0 Å². The van der Waals surface area contributed by atoms with Crippen LogP contribution >= 0.6 is 11.6 Å². The Morgan fingerprint density at radius 1 is 1.10 bits per heavy atom. The number of likely N-dealkylation sites (tertiary alicyclic amines) is 1. The van der Waals surface area contributed by atoms with E-state index < -0.39 is 10.0 Å². The molecule has 0 N–H and O–H groups in total. The molecule has 3 aliphatic rings. The summed E-state index contributed by atoms with van der Waals surface area (Å²) < 4.78 is 39.0. The quantitative estimate of drug-likeness (QED) is 0.696. The van der Waals surface area contributed by atoms with Crippen molar-refractivity contribution in [3.63, 3.8) is 0 Å². The zero-order chi connectivity index (χ0) is 21.3. The number of hydrogen-bond acceptors (Lipinski definition) is 5. The van der Waals surface area contributed by atoms with E-state index in [1.165, 1.54) is 16.4 Å². The second-order valence-electron chi connectivity index (χ2n) is 8.50. The molecule has 1 unspecified atom stereocenters. The molecule has 4 rings (SSSR count). The lowest BCUT2D eigenvalue weighted by Gasteiger charge is -2.34. The van der Waals surface area contributed by atoms with Gasteiger partial charge in [-0.15, -0.1) is 0 Å². The Kier molecular flexibility index (Phi) is 6.70. The maximum absolute atomic E-state index is 13.2. The number of benzene rings is 1. The van der Waals surface area contributed by atoms with Crippen LogP contribution in [0.3, 0.4) is 0 Å². The Morgan fingerprint density at radius 2 is 1.80 bits per heavy atom. The molecule has 3 heterocycles. The summed E-state index contributed by atoms with van der Waals surface area (Å²) in [4.78, 5) is 14.9. The molecule has 1 aromatic carbocycles. The highest BCUT2D eigenvalue weighted by atomic mass is 35.5. The van der Waals surface area contributed by atoms with Crippen LogP contribution in [0.2, 0.25) is 5.02 Å². The SMILES string of the molecule is CC1CCCN(S(=O)(=O)c2cc(C(=O)N3CCC(C4OCCO4)CC3)ccc2Cl)C1. The molecule has 3 saturated heterocycles. The van der Waals surface area contributed by atoms with E-state index in [0.29, 0.717) is 56.8 Å². The van der Waals surface area contributed by atoms with Gasteiger partial charge in [0, 0.05) is 37.7 Å². The van der Waals surface area contributed by atoms with E-state index in [4.69, 9.17) is 21.1 Å². The van der Waals surface area contributed by atoms with Crippen LogP contribution in [-0.2, 0) is 19.5 Å². The fourth-order valence-electron chi connectivity index (χ4n) is 4.54. The second-order valence-corrected chi connectivity index (χ2v) is 10.8. The zero-order valence-electron chi connectivity index (χ0n) is 17.3. The van der Waals surface area contributed by atoms with Crippen LogP contribution in [0.4, 0.5) is 0 Å². The van der Waals surface area contributed by atoms with Crippen molar-refractivity contribution >= 4 is 27.5 Å². The lowest BCUT2D eigenvalue weighted by molar-refractivity contribution is -0.0956. The van der Waals surface area contributed by atoms with E-state index in [9.17, 15) is 13.2 Å². The summed E-state index contributed by atoms with van der Waals surface area (Å²) in [5.41, 5.74) is 0.356. The van der Waals surface area contributed by atoms with Crippen LogP contribution in [0.1, 0.15) is 43.0 Å². The predicted octanol–water partition coefficient (Wildman–Crippen LogP) is 2.99. The second kappa shape index (κ2) is 9.12. The Morgan fingerprint density at radius 3 is 2.47 bits per heavy atom. The molecule has 9 heteroatoms. The number of ether oxygens (including phenoxy) is 2. The van der Waals surface area contributed by atoms with E-state index in [-0.39, 0.29) is 22.1 Å². The molecule has 0 saturated carbocycles. The summed E-state index contributed by atoms with van der Waals surface area (Å²) in [7, 11) is -3.73. The molecule has 3 fully saturated rings. The number of amides is 1. The number of sulfonamides is 1. The average molecular weight is 457 g/mol. The molecular weight excluding hydrogens is 428 g/mol. The Balaban J connectivity index is 1.48. The third kappa shape index (κ3) is 4.53. The van der Waals surface area contributed by atoms with Gasteiger partial charge in [0.2, 0.25) is 10.0 Å². The van der Waals surface area contributed by atoms with Crippen molar-refractivity contribution in [1.29, 1.82) is 0 Å². The molecule has 0 radical (unpaired) electrons. The minimum absolute atomic E-state index is 0.0201. The normalized spacial score (nSPS) is 25.0. The van der Waals surface area contributed by atoms with Crippen molar-refractivity contribution in [2.45, 2.75) is 43.8 Å². The summed E-state index contributed by atoms with van der Waals surface area (Å²) in [6, 6.07) is 4.56. The van der Waals surface area contributed by atoms with Crippen molar-refractivity contribution in [2.24, 2.45) is 11.8 Å². The Hall–Kier alpha value is -1.19. The van der Waals surface area contributed by atoms with Gasteiger partial charge in [-0.05, 0) is 49.8 Å². The predicted molar refractivity (Wildman–Crippen MR) is 113 cm³/mol. The highest BCUT2D eigenvalue weighted by Crippen LogP contribution is 2.31. The molecule has 1 aromatic rings. The molecule has 0 aliphatic carbocycles. The minimum atomic E-state index is -3.73. The highest BCUT2D eigenvalue weighted by Gasteiger charge is 2.34. The average Bonchev–Trinajstić information content (AvgIpc) is 3.28. The van der Waals surface area contributed by atoms with Crippen molar-refractivity contribution in [2.75, 3.05) is 39.4 Å². The first-order valence-corrected chi connectivity index (χ1v) is 12.5. The first-order chi connectivity index (χ1) is 14.4. The lowest BCUT2D eigenvalue weighted by Crippen LogP contribution is -2.41. The van der Waals surface area contributed by atoms with E-state index in [0.717, 1.165) is 25.7 Å². The minimum Gasteiger partial charge on any atom is -0.350 e. The molecule has 0 aromatic heterocycles. The third-order valence-electron chi connectivity index (χ3n) is 6.28. The maximum atomic E-state index is 13.2. The fraction of sp³-hybridized carbons (Fsp3) is 0.667. The van der Waals surface area contributed by atoms with E-state index >= 15 is 0 Å². The first-order valence-electron chi connectivity index (χ1n) is 10.7. The van der Waals surface area contributed by atoms with E-state index in [1.54, 1.807) is 11.0 Å². The van der Waals surface area contributed by atoms with Crippen LogP contribution in [0.25, 0.3) is 0 Å². The molecule has 1 atom stereocenters. The number of carbonyl (C=O) groups excluding carboxylic acids is 1. The lowest BCUT2D eigenvalue weighted by atomic mass is 9.95. The van der Waals surface area contributed by atoms with Crippen LogP contribution in [0, 0.1) is 11.8 Å². The van der Waals surface area contributed by atoms with Gasteiger partial charge in [0.1, 0.15) is 4.90 Å². The molecule has 30 heavy (non-hydrogen) atoms. The topological polar surface area (TPSA) is 76.2 Å². The largest absolute Gasteiger partial charge is 0.350 e. The summed E-state index contributed by atoms with van der Waals surface area (Å²) in [6.07, 6.45) is 3.30. The number of rotatable bonds is 4. The molecule has 3 aliphatic heterocycles. The maximum Gasteiger partial charge on any atom is 0.253 e. The van der Waals surface area contributed by atoms with Gasteiger partial charge < -0.3 is 14.4 Å². The molecule has 7 nitrogen and oxygen atoms in total. The van der Waals surface area contributed by atoms with Gasteiger partial charge in [-0.2, -0.15) is 4.31 Å². The number of nitrogens with zero attached hydrogens (tertiary/aromatic N) is 2.